The molecular formula is C8H15N3O3S. The second-order valence-corrected chi connectivity index (χ2v) is 5.15. The van der Waals surface area contributed by atoms with Gasteiger partial charge in [0.1, 0.15) is 5.82 Å². The zero-order chi connectivity index (χ0) is 11.6. The number of aryl methyl sites for hydroxylation is 2. The highest BCUT2D eigenvalue weighted by atomic mass is 32.2. The van der Waals surface area contributed by atoms with Gasteiger partial charge < -0.3 is 9.67 Å². The van der Waals surface area contributed by atoms with Crippen molar-refractivity contribution in [2.75, 3.05) is 6.54 Å². The van der Waals surface area contributed by atoms with Crippen molar-refractivity contribution in [3.05, 3.63) is 12.0 Å². The molecule has 0 saturated heterocycles. The molecular weight excluding hydrogens is 218 g/mol. The number of nitrogens with one attached hydrogen (secondary N) is 1. The molecule has 1 rings (SSSR count). The quantitative estimate of drug-likeness (QED) is 0.726. The molecule has 1 atom stereocenters. The lowest BCUT2D eigenvalue weighted by Crippen LogP contribution is -2.30. The van der Waals surface area contributed by atoms with Crippen molar-refractivity contribution in [3.63, 3.8) is 0 Å². The van der Waals surface area contributed by atoms with Gasteiger partial charge in [0.25, 0.3) is 10.0 Å². The van der Waals surface area contributed by atoms with Gasteiger partial charge in [-0.1, -0.05) is 0 Å². The monoisotopic (exact) mass is 233 g/mol. The van der Waals surface area contributed by atoms with E-state index in [1.165, 1.54) is 13.1 Å². The summed E-state index contributed by atoms with van der Waals surface area (Å²) in [4.78, 5) is 3.89. The van der Waals surface area contributed by atoms with Gasteiger partial charge in [-0.05, 0) is 13.8 Å². The topological polar surface area (TPSA) is 84.2 Å². The van der Waals surface area contributed by atoms with Crippen LogP contribution in [0.25, 0.3) is 0 Å². The van der Waals surface area contributed by atoms with E-state index in [1.807, 2.05) is 0 Å². The van der Waals surface area contributed by atoms with Crippen LogP contribution in [0.4, 0.5) is 0 Å². The smallest absolute Gasteiger partial charge is 0.259 e. The first-order chi connectivity index (χ1) is 6.83. The van der Waals surface area contributed by atoms with Crippen LogP contribution in [0.2, 0.25) is 0 Å². The standard InChI is InChI=1S/C8H15N3O3S/c1-6(12)4-9-15(13,14)8-5-11(3)7(2)10-8/h5-6,9,12H,4H2,1-3H3. The number of imidazole rings is 1. The highest BCUT2D eigenvalue weighted by Crippen LogP contribution is 2.06. The molecule has 1 heterocycles. The average molecular weight is 233 g/mol. The molecule has 0 aliphatic carbocycles. The number of aliphatic hydroxyl groups is 1. The first-order valence-electron chi connectivity index (χ1n) is 4.50. The summed E-state index contributed by atoms with van der Waals surface area (Å²) in [6, 6.07) is 0. The molecule has 7 heteroatoms. The number of aliphatic hydroxyl groups excluding tert-OH is 1. The molecule has 1 unspecified atom stereocenters. The minimum atomic E-state index is -3.60. The number of nitrogens with zero attached hydrogens (tertiary/aromatic N) is 2. The lowest BCUT2D eigenvalue weighted by molar-refractivity contribution is 0.198. The van der Waals surface area contributed by atoms with Gasteiger partial charge in [0, 0.05) is 19.8 Å². The Bertz CT molecular complexity index is 416. The van der Waals surface area contributed by atoms with E-state index in [0.29, 0.717) is 5.82 Å². The van der Waals surface area contributed by atoms with E-state index in [9.17, 15) is 8.42 Å². The zero-order valence-electron chi connectivity index (χ0n) is 8.93. The summed E-state index contributed by atoms with van der Waals surface area (Å²) < 4.78 is 27.1. The van der Waals surface area contributed by atoms with E-state index < -0.39 is 16.1 Å². The van der Waals surface area contributed by atoms with Crippen LogP contribution in [0.15, 0.2) is 11.2 Å². The summed E-state index contributed by atoms with van der Waals surface area (Å²) in [5.41, 5.74) is 0. The first-order valence-corrected chi connectivity index (χ1v) is 5.99. The van der Waals surface area contributed by atoms with E-state index in [4.69, 9.17) is 5.11 Å². The maximum absolute atomic E-state index is 11.6. The summed E-state index contributed by atoms with van der Waals surface area (Å²) in [5.74, 6) is 0.618. The van der Waals surface area contributed by atoms with E-state index in [0.717, 1.165) is 0 Å². The maximum atomic E-state index is 11.6. The molecule has 0 radical (unpaired) electrons. The molecule has 15 heavy (non-hydrogen) atoms. The molecule has 6 nitrogen and oxygen atoms in total. The van der Waals surface area contributed by atoms with Crippen LogP contribution in [0.1, 0.15) is 12.7 Å². The Kier molecular flexibility index (Phi) is 3.48. The van der Waals surface area contributed by atoms with Gasteiger partial charge in [-0.25, -0.2) is 18.1 Å². The summed E-state index contributed by atoms with van der Waals surface area (Å²) in [6.07, 6.45) is 0.712. The molecule has 0 aliphatic heterocycles. The van der Waals surface area contributed by atoms with Crippen molar-refractivity contribution in [1.82, 2.24) is 14.3 Å². The number of sulfonamides is 1. The molecule has 0 aromatic carbocycles. The van der Waals surface area contributed by atoms with Crippen molar-refractivity contribution >= 4 is 10.0 Å². The van der Waals surface area contributed by atoms with E-state index in [1.54, 1.807) is 18.5 Å². The largest absolute Gasteiger partial charge is 0.392 e. The summed E-state index contributed by atoms with van der Waals surface area (Å²) in [7, 11) is -1.88. The fourth-order valence-electron chi connectivity index (χ4n) is 0.960. The second kappa shape index (κ2) is 4.30. The molecule has 0 saturated carbocycles. The Morgan fingerprint density at radius 2 is 2.27 bits per heavy atom. The molecule has 86 valence electrons. The number of hydrogen-bond acceptors (Lipinski definition) is 4. The van der Waals surface area contributed by atoms with Gasteiger partial charge in [0.05, 0.1) is 6.10 Å². The van der Waals surface area contributed by atoms with Crippen LogP contribution in [0.5, 0.6) is 0 Å². The van der Waals surface area contributed by atoms with Gasteiger partial charge in [0.15, 0.2) is 5.03 Å². The van der Waals surface area contributed by atoms with Crippen LogP contribution in [-0.2, 0) is 17.1 Å². The normalized spacial score (nSPS) is 14.1. The highest BCUT2D eigenvalue weighted by molar-refractivity contribution is 7.89. The van der Waals surface area contributed by atoms with Crippen LogP contribution in [-0.4, -0.2) is 35.7 Å². The third kappa shape index (κ3) is 3.01. The minimum absolute atomic E-state index is 0.0159. The van der Waals surface area contributed by atoms with Crippen molar-refractivity contribution in [1.29, 1.82) is 0 Å². The summed E-state index contributed by atoms with van der Waals surface area (Å²) >= 11 is 0. The van der Waals surface area contributed by atoms with Gasteiger partial charge in [-0.15, -0.1) is 0 Å². The third-order valence-corrected chi connectivity index (χ3v) is 3.22. The SMILES string of the molecule is Cc1nc(S(=O)(=O)NCC(C)O)cn1C. The fourth-order valence-corrected chi connectivity index (χ4v) is 2.12. The van der Waals surface area contributed by atoms with E-state index >= 15 is 0 Å². The van der Waals surface area contributed by atoms with Crippen molar-refractivity contribution < 1.29 is 13.5 Å². The molecule has 0 fully saturated rings. The maximum Gasteiger partial charge on any atom is 0.259 e. The lowest BCUT2D eigenvalue weighted by Gasteiger charge is -2.05. The fraction of sp³-hybridized carbons (Fsp3) is 0.625. The Morgan fingerprint density at radius 3 is 2.67 bits per heavy atom. The molecule has 0 spiro atoms. The van der Waals surface area contributed by atoms with Crippen LogP contribution >= 0.6 is 0 Å². The molecule has 1 aromatic rings. The Morgan fingerprint density at radius 1 is 1.67 bits per heavy atom. The van der Waals surface area contributed by atoms with Gasteiger partial charge >= 0.3 is 0 Å². The predicted molar refractivity (Wildman–Crippen MR) is 54.8 cm³/mol. The summed E-state index contributed by atoms with van der Waals surface area (Å²) in [6.45, 7) is 3.21. The van der Waals surface area contributed by atoms with E-state index in [-0.39, 0.29) is 11.6 Å². The second-order valence-electron chi connectivity index (χ2n) is 3.44. The Balaban J connectivity index is 2.87. The van der Waals surface area contributed by atoms with E-state index in [2.05, 4.69) is 9.71 Å². The number of hydrogen-bond donors (Lipinski definition) is 2. The molecule has 1 aromatic heterocycles. The van der Waals surface area contributed by atoms with Gasteiger partial charge in [-0.3, -0.25) is 0 Å². The average Bonchev–Trinajstić information content (AvgIpc) is 2.45. The lowest BCUT2D eigenvalue weighted by atomic mass is 10.4. The van der Waals surface area contributed by atoms with Gasteiger partial charge in [0.2, 0.25) is 0 Å². The van der Waals surface area contributed by atoms with Crippen LogP contribution in [0.3, 0.4) is 0 Å². The highest BCUT2D eigenvalue weighted by Gasteiger charge is 2.18. The summed E-state index contributed by atoms with van der Waals surface area (Å²) in [5, 5.41) is 8.94. The minimum Gasteiger partial charge on any atom is -0.392 e. The van der Waals surface area contributed by atoms with Gasteiger partial charge in [-0.2, -0.15) is 0 Å². The molecule has 0 amide bonds. The Labute approximate surface area is 89.0 Å². The zero-order valence-corrected chi connectivity index (χ0v) is 9.74. The van der Waals surface area contributed by atoms with Crippen LogP contribution < -0.4 is 4.72 Å². The first kappa shape index (κ1) is 12.2. The third-order valence-electron chi connectivity index (χ3n) is 1.93. The Hall–Kier alpha value is -0.920. The number of rotatable bonds is 4. The molecule has 2 N–H and O–H groups in total. The van der Waals surface area contributed by atoms with Crippen LogP contribution in [0, 0.1) is 6.92 Å². The van der Waals surface area contributed by atoms with Crippen molar-refractivity contribution in [2.45, 2.75) is 25.0 Å². The molecule has 0 aliphatic rings. The molecule has 0 bridgehead atoms. The van der Waals surface area contributed by atoms with Crippen molar-refractivity contribution in [2.24, 2.45) is 7.05 Å². The number of aromatic nitrogens is 2. The van der Waals surface area contributed by atoms with Crippen molar-refractivity contribution in [3.8, 4) is 0 Å². The predicted octanol–water partition coefficient (Wildman–Crippen LogP) is -0.612.